The van der Waals surface area contributed by atoms with Crippen LogP contribution >= 0.6 is 11.6 Å². The Balaban J connectivity index is 3.26. The molecule has 0 aromatic heterocycles. The molecule has 86 valence electrons. The molecule has 5 nitrogen and oxygen atoms in total. The lowest BCUT2D eigenvalue weighted by Crippen LogP contribution is -2.05. The summed E-state index contributed by atoms with van der Waals surface area (Å²) < 4.78 is 27.8. The average Bonchev–Trinajstić information content (AvgIpc) is 2.16. The molecule has 0 aliphatic heterocycles. The second-order valence-electron chi connectivity index (χ2n) is 2.59. The lowest BCUT2D eigenvalue weighted by atomic mass is 10.2. The van der Waals surface area contributed by atoms with Gasteiger partial charge in [0.1, 0.15) is 10.8 Å². The van der Waals surface area contributed by atoms with Gasteiger partial charge in [-0.15, -0.1) is 0 Å². The fourth-order valence-electron chi connectivity index (χ4n) is 0.990. The van der Waals surface area contributed by atoms with Crippen molar-refractivity contribution in [2.75, 3.05) is 0 Å². The smallest absolute Gasteiger partial charge is 0.387 e. The van der Waals surface area contributed by atoms with Crippen LogP contribution in [0.2, 0.25) is 5.02 Å². The van der Waals surface area contributed by atoms with Crippen LogP contribution in [0.3, 0.4) is 0 Å². The first-order valence-corrected chi connectivity index (χ1v) is 4.21. The van der Waals surface area contributed by atoms with Crippen LogP contribution in [0.4, 0.5) is 14.5 Å². The number of nitro benzene ring substituents is 1. The summed E-state index contributed by atoms with van der Waals surface area (Å²) in [6.07, 6.45) is 0.168. The molecule has 8 heteroatoms. The fraction of sp³-hybridized carbons (Fsp3) is 0.125. The van der Waals surface area contributed by atoms with Crippen LogP contribution in [0.25, 0.3) is 0 Å². The molecule has 0 radical (unpaired) electrons. The summed E-state index contributed by atoms with van der Waals surface area (Å²) in [4.78, 5) is 20.1. The summed E-state index contributed by atoms with van der Waals surface area (Å²) in [7, 11) is 0. The Bertz CT molecular complexity index is 438. The van der Waals surface area contributed by atoms with E-state index in [4.69, 9.17) is 11.6 Å². The van der Waals surface area contributed by atoms with Gasteiger partial charge in [0.15, 0.2) is 6.29 Å². The lowest BCUT2D eigenvalue weighted by molar-refractivity contribution is -0.384. The summed E-state index contributed by atoms with van der Waals surface area (Å²) in [5, 5.41) is 10.1. The summed E-state index contributed by atoms with van der Waals surface area (Å²) in [5.74, 6) is -0.499. The number of rotatable bonds is 4. The first kappa shape index (κ1) is 12.3. The number of nitro groups is 1. The van der Waals surface area contributed by atoms with E-state index in [2.05, 4.69) is 4.74 Å². The second kappa shape index (κ2) is 4.84. The highest BCUT2D eigenvalue weighted by molar-refractivity contribution is 6.33. The standard InChI is InChI=1S/C8H4ClF2NO4/c9-5-2-7(16-8(10)11)4(3-13)1-6(5)12(14)15/h1-3,8H. The topological polar surface area (TPSA) is 69.4 Å². The second-order valence-corrected chi connectivity index (χ2v) is 3.00. The zero-order valence-corrected chi connectivity index (χ0v) is 8.28. The van der Waals surface area contributed by atoms with Crippen molar-refractivity contribution in [3.05, 3.63) is 32.8 Å². The first-order valence-electron chi connectivity index (χ1n) is 3.83. The van der Waals surface area contributed by atoms with E-state index < -0.39 is 23.0 Å². The Kier molecular flexibility index (Phi) is 3.73. The number of carbonyl (C=O) groups is 1. The summed E-state index contributed by atoms with van der Waals surface area (Å²) in [5.41, 5.74) is -0.915. The molecule has 1 aromatic rings. The highest BCUT2D eigenvalue weighted by atomic mass is 35.5. The van der Waals surface area contributed by atoms with E-state index in [1.807, 2.05) is 0 Å². The zero-order valence-electron chi connectivity index (χ0n) is 7.52. The van der Waals surface area contributed by atoms with Crippen LogP contribution in [-0.4, -0.2) is 17.8 Å². The normalized spacial score (nSPS) is 10.2. The van der Waals surface area contributed by atoms with Crippen LogP contribution in [0.1, 0.15) is 10.4 Å². The van der Waals surface area contributed by atoms with E-state index in [1.54, 1.807) is 0 Å². The quantitative estimate of drug-likeness (QED) is 0.469. The largest absolute Gasteiger partial charge is 0.434 e. The third-order valence-electron chi connectivity index (χ3n) is 1.62. The van der Waals surface area contributed by atoms with Crippen LogP contribution in [0.15, 0.2) is 12.1 Å². The van der Waals surface area contributed by atoms with Crippen molar-refractivity contribution >= 4 is 23.6 Å². The minimum absolute atomic E-state index is 0.168. The van der Waals surface area contributed by atoms with Crippen molar-refractivity contribution in [2.24, 2.45) is 0 Å². The van der Waals surface area contributed by atoms with E-state index in [9.17, 15) is 23.7 Å². The van der Waals surface area contributed by atoms with Crippen LogP contribution in [-0.2, 0) is 0 Å². The molecule has 0 saturated carbocycles. The van der Waals surface area contributed by atoms with E-state index in [0.29, 0.717) is 0 Å². The van der Waals surface area contributed by atoms with E-state index in [1.165, 1.54) is 0 Å². The van der Waals surface area contributed by atoms with Gasteiger partial charge in [-0.3, -0.25) is 14.9 Å². The third kappa shape index (κ3) is 2.63. The Morgan fingerprint density at radius 3 is 2.56 bits per heavy atom. The summed E-state index contributed by atoms with van der Waals surface area (Å²) >= 11 is 5.45. The lowest BCUT2D eigenvalue weighted by Gasteiger charge is -2.07. The molecule has 1 aromatic carbocycles. The minimum Gasteiger partial charge on any atom is -0.434 e. The van der Waals surface area contributed by atoms with Gasteiger partial charge in [0.05, 0.1) is 10.5 Å². The highest BCUT2D eigenvalue weighted by Gasteiger charge is 2.19. The molecule has 0 unspecified atom stereocenters. The van der Waals surface area contributed by atoms with Gasteiger partial charge < -0.3 is 4.74 Å². The van der Waals surface area contributed by atoms with Crippen molar-refractivity contribution in [3.8, 4) is 5.75 Å². The SMILES string of the molecule is O=Cc1cc([N+](=O)[O-])c(Cl)cc1OC(F)F. The molecule has 16 heavy (non-hydrogen) atoms. The Labute approximate surface area is 92.7 Å². The van der Waals surface area contributed by atoms with Crippen LogP contribution in [0.5, 0.6) is 5.75 Å². The Morgan fingerprint density at radius 2 is 2.12 bits per heavy atom. The molecule has 0 amide bonds. The molecule has 0 fully saturated rings. The predicted molar refractivity (Wildman–Crippen MR) is 50.1 cm³/mol. The van der Waals surface area contributed by atoms with Crippen molar-refractivity contribution in [2.45, 2.75) is 6.61 Å². The van der Waals surface area contributed by atoms with Gasteiger partial charge >= 0.3 is 6.61 Å². The number of carbonyl (C=O) groups excluding carboxylic acids is 1. The Hall–Kier alpha value is -1.76. The van der Waals surface area contributed by atoms with Gasteiger partial charge in [0, 0.05) is 12.1 Å². The number of halogens is 3. The minimum atomic E-state index is -3.14. The fourth-order valence-corrected chi connectivity index (χ4v) is 1.21. The van der Waals surface area contributed by atoms with Gasteiger partial charge in [0.25, 0.3) is 5.69 Å². The maximum absolute atomic E-state index is 11.9. The maximum atomic E-state index is 11.9. The van der Waals surface area contributed by atoms with E-state index in [-0.39, 0.29) is 16.9 Å². The van der Waals surface area contributed by atoms with Crippen molar-refractivity contribution in [1.82, 2.24) is 0 Å². The molecule has 0 spiro atoms. The molecule has 1 rings (SSSR count). The molecule has 0 aliphatic rings. The van der Waals surface area contributed by atoms with Crippen LogP contribution < -0.4 is 4.74 Å². The number of aldehydes is 1. The number of hydrogen-bond donors (Lipinski definition) is 0. The summed E-state index contributed by atoms with van der Waals surface area (Å²) in [6.45, 7) is -3.14. The van der Waals surface area contributed by atoms with E-state index >= 15 is 0 Å². The van der Waals surface area contributed by atoms with Gasteiger partial charge in [-0.05, 0) is 0 Å². The molecule has 0 bridgehead atoms. The Morgan fingerprint density at radius 1 is 1.50 bits per heavy atom. The molecule has 0 N–H and O–H groups in total. The number of nitrogens with zero attached hydrogens (tertiary/aromatic N) is 1. The van der Waals surface area contributed by atoms with Gasteiger partial charge in [-0.2, -0.15) is 8.78 Å². The van der Waals surface area contributed by atoms with Crippen LogP contribution in [0, 0.1) is 10.1 Å². The molecule has 0 atom stereocenters. The van der Waals surface area contributed by atoms with Crippen molar-refractivity contribution in [1.29, 1.82) is 0 Å². The average molecular weight is 252 g/mol. The third-order valence-corrected chi connectivity index (χ3v) is 1.92. The number of hydrogen-bond acceptors (Lipinski definition) is 4. The van der Waals surface area contributed by atoms with E-state index in [0.717, 1.165) is 12.1 Å². The molecule has 0 heterocycles. The predicted octanol–water partition coefficient (Wildman–Crippen LogP) is 2.66. The van der Waals surface area contributed by atoms with Gasteiger partial charge in [-0.1, -0.05) is 11.6 Å². The molecular weight excluding hydrogens is 248 g/mol. The van der Waals surface area contributed by atoms with Crippen molar-refractivity contribution in [3.63, 3.8) is 0 Å². The van der Waals surface area contributed by atoms with Gasteiger partial charge in [-0.25, -0.2) is 0 Å². The number of benzene rings is 1. The maximum Gasteiger partial charge on any atom is 0.387 e. The van der Waals surface area contributed by atoms with Gasteiger partial charge in [0.2, 0.25) is 0 Å². The monoisotopic (exact) mass is 251 g/mol. The number of ether oxygens (including phenoxy) is 1. The molecular formula is C8H4ClF2NO4. The molecule has 0 saturated heterocycles. The summed E-state index contributed by atoms with van der Waals surface area (Å²) in [6, 6.07) is 1.57. The highest BCUT2D eigenvalue weighted by Crippen LogP contribution is 2.32. The zero-order chi connectivity index (χ0) is 12.3. The molecule has 0 aliphatic carbocycles. The first-order chi connectivity index (χ1) is 7.45. The number of alkyl halides is 2. The van der Waals surface area contributed by atoms with Crippen molar-refractivity contribution < 1.29 is 23.2 Å².